The SMILES string of the molecule is CNC(=O)c1cccc(-c2ccc(N3COCC(C(=O)OC)=C3C(=O)OC)cc2)c1. The molecular formula is C22H22N2O6. The largest absolute Gasteiger partial charge is 0.466 e. The molecule has 0 fully saturated rings. The third-order valence-corrected chi connectivity index (χ3v) is 4.70. The lowest BCUT2D eigenvalue weighted by Gasteiger charge is -2.31. The van der Waals surface area contributed by atoms with Gasteiger partial charge in [-0.2, -0.15) is 0 Å². The van der Waals surface area contributed by atoms with E-state index in [9.17, 15) is 14.4 Å². The van der Waals surface area contributed by atoms with Crippen molar-refractivity contribution in [2.45, 2.75) is 0 Å². The van der Waals surface area contributed by atoms with Gasteiger partial charge in [0.25, 0.3) is 5.91 Å². The molecule has 3 rings (SSSR count). The maximum absolute atomic E-state index is 12.4. The van der Waals surface area contributed by atoms with E-state index in [1.54, 1.807) is 36.2 Å². The van der Waals surface area contributed by atoms with Crippen molar-refractivity contribution >= 4 is 23.5 Å². The lowest BCUT2D eigenvalue weighted by Crippen LogP contribution is -2.38. The van der Waals surface area contributed by atoms with Crippen molar-refractivity contribution in [3.8, 4) is 11.1 Å². The van der Waals surface area contributed by atoms with Crippen LogP contribution in [0.5, 0.6) is 0 Å². The first-order chi connectivity index (χ1) is 14.5. The molecule has 1 N–H and O–H groups in total. The highest BCUT2D eigenvalue weighted by Crippen LogP contribution is 2.29. The molecular weight excluding hydrogens is 388 g/mol. The van der Waals surface area contributed by atoms with Gasteiger partial charge in [0, 0.05) is 18.3 Å². The molecule has 30 heavy (non-hydrogen) atoms. The standard InChI is InChI=1S/C22H22N2O6/c1-23-20(25)16-6-4-5-15(11-16)14-7-9-17(10-8-14)24-13-30-12-18(21(26)28-2)19(24)22(27)29-3/h4-11H,12-13H2,1-3H3,(H,23,25). The first kappa shape index (κ1) is 21.1. The summed E-state index contributed by atoms with van der Waals surface area (Å²) in [5.41, 5.74) is 3.14. The van der Waals surface area contributed by atoms with E-state index in [1.807, 2.05) is 24.3 Å². The Balaban J connectivity index is 1.96. The van der Waals surface area contributed by atoms with Crippen LogP contribution in [0.25, 0.3) is 11.1 Å². The van der Waals surface area contributed by atoms with Crippen molar-refractivity contribution in [2.24, 2.45) is 0 Å². The maximum atomic E-state index is 12.4. The zero-order chi connectivity index (χ0) is 21.7. The molecule has 2 aromatic carbocycles. The van der Waals surface area contributed by atoms with Crippen LogP contribution in [-0.2, 0) is 23.8 Å². The van der Waals surface area contributed by atoms with E-state index in [0.29, 0.717) is 11.3 Å². The molecule has 0 bridgehead atoms. The van der Waals surface area contributed by atoms with E-state index in [-0.39, 0.29) is 30.5 Å². The monoisotopic (exact) mass is 410 g/mol. The van der Waals surface area contributed by atoms with E-state index in [4.69, 9.17) is 14.2 Å². The minimum absolute atomic E-state index is 0.0437. The molecule has 0 atom stereocenters. The topological polar surface area (TPSA) is 94.2 Å². The smallest absolute Gasteiger partial charge is 0.355 e. The number of hydrogen-bond donors (Lipinski definition) is 1. The van der Waals surface area contributed by atoms with Gasteiger partial charge >= 0.3 is 11.9 Å². The average Bonchev–Trinajstić information content (AvgIpc) is 2.82. The summed E-state index contributed by atoms with van der Waals surface area (Å²) in [6.07, 6.45) is 0. The number of rotatable bonds is 5. The van der Waals surface area contributed by atoms with Gasteiger partial charge in [-0.25, -0.2) is 9.59 Å². The van der Waals surface area contributed by atoms with Crippen molar-refractivity contribution in [3.05, 3.63) is 65.4 Å². The quantitative estimate of drug-likeness (QED) is 0.755. The Bertz CT molecular complexity index is 997. The van der Waals surface area contributed by atoms with E-state index in [2.05, 4.69) is 5.32 Å². The Morgan fingerprint density at radius 2 is 1.67 bits per heavy atom. The number of ether oxygens (including phenoxy) is 3. The molecule has 0 unspecified atom stereocenters. The minimum atomic E-state index is -0.652. The number of carbonyl (C=O) groups excluding carboxylic acids is 3. The van der Waals surface area contributed by atoms with Gasteiger partial charge < -0.3 is 24.4 Å². The third-order valence-electron chi connectivity index (χ3n) is 4.70. The number of methoxy groups -OCH3 is 2. The van der Waals surface area contributed by atoms with Gasteiger partial charge in [-0.05, 0) is 35.4 Å². The summed E-state index contributed by atoms with van der Waals surface area (Å²) in [6, 6.07) is 14.6. The molecule has 1 aliphatic rings. The number of hydrogen-bond acceptors (Lipinski definition) is 7. The molecule has 8 nitrogen and oxygen atoms in total. The molecule has 0 spiro atoms. The number of esters is 2. The van der Waals surface area contributed by atoms with Crippen LogP contribution >= 0.6 is 0 Å². The molecule has 0 radical (unpaired) electrons. The predicted molar refractivity (Wildman–Crippen MR) is 110 cm³/mol. The number of nitrogens with one attached hydrogen (secondary N) is 1. The van der Waals surface area contributed by atoms with Crippen molar-refractivity contribution in [2.75, 3.05) is 39.5 Å². The fourth-order valence-electron chi connectivity index (χ4n) is 3.17. The summed E-state index contributed by atoms with van der Waals surface area (Å²) in [5, 5.41) is 2.60. The molecule has 0 aromatic heterocycles. The van der Waals surface area contributed by atoms with Gasteiger partial charge in [0.1, 0.15) is 12.4 Å². The van der Waals surface area contributed by atoms with Crippen molar-refractivity contribution in [1.29, 1.82) is 0 Å². The molecule has 1 amide bonds. The Labute approximate surface area is 174 Å². The fourth-order valence-corrected chi connectivity index (χ4v) is 3.17. The van der Waals surface area contributed by atoms with Crippen LogP contribution in [0.3, 0.4) is 0 Å². The highest BCUT2D eigenvalue weighted by Gasteiger charge is 2.32. The van der Waals surface area contributed by atoms with Crippen molar-refractivity contribution in [1.82, 2.24) is 5.32 Å². The van der Waals surface area contributed by atoms with Gasteiger partial charge in [-0.1, -0.05) is 24.3 Å². The summed E-state index contributed by atoms with van der Waals surface area (Å²) in [4.78, 5) is 37.9. The normalized spacial score (nSPS) is 13.6. The third kappa shape index (κ3) is 4.18. The maximum Gasteiger partial charge on any atom is 0.355 e. The van der Waals surface area contributed by atoms with Gasteiger partial charge in [0.05, 0.1) is 26.4 Å². The first-order valence-electron chi connectivity index (χ1n) is 9.17. The Kier molecular flexibility index (Phi) is 6.48. The van der Waals surface area contributed by atoms with Crippen LogP contribution in [0.4, 0.5) is 5.69 Å². The van der Waals surface area contributed by atoms with Crippen molar-refractivity contribution < 1.29 is 28.6 Å². The van der Waals surface area contributed by atoms with Crippen LogP contribution < -0.4 is 10.2 Å². The lowest BCUT2D eigenvalue weighted by atomic mass is 10.0. The second kappa shape index (κ2) is 9.23. The van der Waals surface area contributed by atoms with Crippen LogP contribution in [0, 0.1) is 0 Å². The molecule has 156 valence electrons. The fraction of sp³-hybridized carbons (Fsp3) is 0.227. The lowest BCUT2D eigenvalue weighted by molar-refractivity contribution is -0.140. The summed E-state index contributed by atoms with van der Waals surface area (Å²) >= 11 is 0. The molecule has 0 saturated carbocycles. The minimum Gasteiger partial charge on any atom is -0.466 e. The number of anilines is 1. The molecule has 0 aliphatic carbocycles. The van der Waals surface area contributed by atoms with Gasteiger partial charge in [-0.15, -0.1) is 0 Å². The Morgan fingerprint density at radius 1 is 0.967 bits per heavy atom. The second-order valence-electron chi connectivity index (χ2n) is 6.42. The van der Waals surface area contributed by atoms with Gasteiger partial charge in [0.2, 0.25) is 0 Å². The summed E-state index contributed by atoms with van der Waals surface area (Å²) in [5.74, 6) is -1.47. The Morgan fingerprint density at radius 3 is 2.30 bits per heavy atom. The van der Waals surface area contributed by atoms with Gasteiger partial charge in [0.15, 0.2) is 0 Å². The summed E-state index contributed by atoms with van der Waals surface area (Å²) < 4.78 is 15.1. The van der Waals surface area contributed by atoms with Crippen molar-refractivity contribution in [3.63, 3.8) is 0 Å². The number of nitrogens with zero attached hydrogens (tertiary/aromatic N) is 1. The zero-order valence-electron chi connectivity index (χ0n) is 16.9. The zero-order valence-corrected chi connectivity index (χ0v) is 16.9. The number of carbonyl (C=O) groups is 3. The summed E-state index contributed by atoms with van der Waals surface area (Å²) in [6.45, 7) is 0.0361. The van der Waals surface area contributed by atoms with E-state index in [1.165, 1.54) is 14.2 Å². The van der Waals surface area contributed by atoms with E-state index >= 15 is 0 Å². The highest BCUT2D eigenvalue weighted by molar-refractivity contribution is 6.03. The molecule has 2 aromatic rings. The Hall–Kier alpha value is -3.65. The number of benzene rings is 2. The van der Waals surface area contributed by atoms with Gasteiger partial charge in [-0.3, -0.25) is 4.79 Å². The molecule has 0 saturated heterocycles. The average molecular weight is 410 g/mol. The van der Waals surface area contributed by atoms with Crippen LogP contribution in [0.2, 0.25) is 0 Å². The highest BCUT2D eigenvalue weighted by atomic mass is 16.5. The van der Waals surface area contributed by atoms with Crippen LogP contribution in [0.1, 0.15) is 10.4 Å². The number of amides is 1. The molecule has 1 aliphatic heterocycles. The predicted octanol–water partition coefficient (Wildman–Crippen LogP) is 2.11. The summed E-state index contributed by atoms with van der Waals surface area (Å²) in [7, 11) is 4.07. The molecule has 8 heteroatoms. The van der Waals surface area contributed by atoms with Crippen LogP contribution in [-0.4, -0.2) is 52.5 Å². The second-order valence-corrected chi connectivity index (χ2v) is 6.42. The van der Waals surface area contributed by atoms with Crippen LogP contribution in [0.15, 0.2) is 59.8 Å². The first-order valence-corrected chi connectivity index (χ1v) is 9.17. The van der Waals surface area contributed by atoms with E-state index < -0.39 is 11.9 Å². The molecule has 1 heterocycles. The van der Waals surface area contributed by atoms with E-state index in [0.717, 1.165) is 11.1 Å².